The van der Waals surface area contributed by atoms with Crippen molar-refractivity contribution in [3.05, 3.63) is 36.4 Å². The number of urea groups is 1. The molecule has 0 aromatic heterocycles. The number of carbonyl (C=O) groups is 1. The van der Waals surface area contributed by atoms with Gasteiger partial charge in [0.25, 0.3) is 0 Å². The fraction of sp³-hybridized carbons (Fsp3) is 0. The first-order chi connectivity index (χ1) is 6.63. The highest BCUT2D eigenvalue weighted by Gasteiger charge is 1.85. The Morgan fingerprint density at radius 3 is 1.50 bits per heavy atom. The van der Waals surface area contributed by atoms with Crippen molar-refractivity contribution in [3.63, 3.8) is 0 Å². The highest BCUT2D eigenvalue weighted by Crippen LogP contribution is 1.79. The Hall–Kier alpha value is -1.60. The van der Waals surface area contributed by atoms with Crippen LogP contribution in [0.3, 0.4) is 0 Å². The first-order valence-corrected chi connectivity index (χ1v) is 4.76. The van der Waals surface area contributed by atoms with E-state index in [1.165, 1.54) is 0 Å². The molecule has 0 aliphatic rings. The number of nitrogens with one attached hydrogen (secondary N) is 2. The van der Waals surface area contributed by atoms with Crippen molar-refractivity contribution in [2.45, 2.75) is 0 Å². The van der Waals surface area contributed by atoms with Gasteiger partial charge in [-0.2, -0.15) is 0 Å². The van der Waals surface area contributed by atoms with E-state index in [0.717, 1.165) is 0 Å². The van der Waals surface area contributed by atoms with Gasteiger partial charge in [-0.25, -0.2) is 13.2 Å². The van der Waals surface area contributed by atoms with E-state index in [-0.39, 0.29) is 0 Å². The second kappa shape index (κ2) is 8.02. The lowest BCUT2D eigenvalue weighted by Crippen LogP contribution is -2.39. The smallest absolute Gasteiger partial charge is 0.327 e. The van der Waals surface area contributed by atoms with Gasteiger partial charge in [0.15, 0.2) is 0 Å². The average molecular weight is 217 g/mol. The second-order valence-electron chi connectivity index (χ2n) is 2.01. The topological polar surface area (TPSA) is 101 Å². The molecule has 1 aromatic carbocycles. The SMILES string of the molecule is NC(=O)NN[SH](=O)=O.c1ccccc1. The molecule has 0 spiro atoms. The number of hydrogen-bond acceptors (Lipinski definition) is 3. The number of hydrazine groups is 1. The van der Waals surface area contributed by atoms with E-state index < -0.39 is 16.9 Å². The minimum Gasteiger partial charge on any atom is -0.351 e. The van der Waals surface area contributed by atoms with E-state index in [9.17, 15) is 13.2 Å². The van der Waals surface area contributed by atoms with Crippen LogP contribution in [0.1, 0.15) is 0 Å². The summed E-state index contributed by atoms with van der Waals surface area (Å²) in [5.41, 5.74) is 6.10. The fourth-order valence-corrected chi connectivity index (χ4v) is 0.687. The number of amides is 2. The maximum atomic E-state index is 9.68. The summed E-state index contributed by atoms with van der Waals surface area (Å²) in [6.07, 6.45) is 0. The Labute approximate surface area is 83.2 Å². The molecule has 4 N–H and O–H groups in total. The Kier molecular flexibility index (Phi) is 7.10. The summed E-state index contributed by atoms with van der Waals surface area (Å²) in [6, 6.07) is 11.1. The molecule has 0 saturated carbocycles. The van der Waals surface area contributed by atoms with Crippen LogP contribution in [-0.4, -0.2) is 14.4 Å². The van der Waals surface area contributed by atoms with Crippen LogP contribution in [0, 0.1) is 0 Å². The van der Waals surface area contributed by atoms with Crippen LogP contribution in [-0.2, 0) is 10.9 Å². The lowest BCUT2D eigenvalue weighted by molar-refractivity contribution is 0.247. The predicted octanol–water partition coefficient (Wildman–Crippen LogP) is -0.628. The number of hydrogen-bond donors (Lipinski definition) is 4. The lowest BCUT2D eigenvalue weighted by atomic mass is 10.4. The molecule has 0 heterocycles. The average Bonchev–Trinajstić information content (AvgIpc) is 2.18. The standard InChI is InChI=1S/C6H6.CH5N3O3S/c1-2-4-6-5-3-1;2-1(5)3-4-8(6)7/h1-6H;8H,(H3,2,3,5)(H,4,6,7). The molecule has 7 heteroatoms. The van der Waals surface area contributed by atoms with Crippen molar-refractivity contribution < 1.29 is 13.2 Å². The molecule has 0 unspecified atom stereocenters. The third kappa shape index (κ3) is 10.4. The van der Waals surface area contributed by atoms with Gasteiger partial charge in [-0.3, -0.25) is 5.43 Å². The zero-order valence-electron chi connectivity index (χ0n) is 7.21. The number of carbonyl (C=O) groups excluding carboxylic acids is 1. The van der Waals surface area contributed by atoms with E-state index in [2.05, 4.69) is 5.73 Å². The Morgan fingerprint density at radius 2 is 1.36 bits per heavy atom. The van der Waals surface area contributed by atoms with Gasteiger partial charge in [-0.15, -0.1) is 4.83 Å². The zero-order chi connectivity index (χ0) is 10.8. The number of benzene rings is 1. The van der Waals surface area contributed by atoms with Crippen LogP contribution in [0.25, 0.3) is 0 Å². The fourth-order valence-electron chi connectivity index (χ4n) is 0.486. The number of thiol groups is 1. The Balaban J connectivity index is 0.000000249. The van der Waals surface area contributed by atoms with Crippen molar-refractivity contribution in [3.8, 4) is 0 Å². The number of primary amides is 1. The monoisotopic (exact) mass is 217 g/mol. The van der Waals surface area contributed by atoms with Gasteiger partial charge in [0.2, 0.25) is 10.9 Å². The van der Waals surface area contributed by atoms with E-state index in [4.69, 9.17) is 0 Å². The van der Waals surface area contributed by atoms with Crippen LogP contribution in [0.2, 0.25) is 0 Å². The molecule has 0 fully saturated rings. The van der Waals surface area contributed by atoms with Crippen molar-refractivity contribution in [2.24, 2.45) is 5.73 Å². The summed E-state index contributed by atoms with van der Waals surface area (Å²) in [4.78, 5) is 11.3. The maximum Gasteiger partial charge on any atom is 0.327 e. The minimum absolute atomic E-state index is 0.941. The van der Waals surface area contributed by atoms with Crippen LogP contribution in [0.15, 0.2) is 36.4 Å². The highest BCUT2D eigenvalue weighted by molar-refractivity contribution is 7.70. The molecule has 14 heavy (non-hydrogen) atoms. The molecule has 2 amide bonds. The van der Waals surface area contributed by atoms with E-state index >= 15 is 0 Å². The molecule has 0 bridgehead atoms. The van der Waals surface area contributed by atoms with Crippen LogP contribution >= 0.6 is 0 Å². The van der Waals surface area contributed by atoms with Crippen LogP contribution in [0.4, 0.5) is 4.79 Å². The first kappa shape index (κ1) is 12.4. The normalized spacial score (nSPS) is 8.64. The third-order valence-electron chi connectivity index (χ3n) is 0.937. The quantitative estimate of drug-likeness (QED) is 0.392. The number of nitrogens with two attached hydrogens (primary N) is 1. The largest absolute Gasteiger partial charge is 0.351 e. The molecular weight excluding hydrogens is 206 g/mol. The zero-order valence-corrected chi connectivity index (χ0v) is 8.11. The predicted molar refractivity (Wildman–Crippen MR) is 52.6 cm³/mol. The van der Waals surface area contributed by atoms with Gasteiger partial charge >= 0.3 is 6.03 Å². The van der Waals surface area contributed by atoms with Crippen molar-refractivity contribution in [2.75, 3.05) is 0 Å². The second-order valence-corrected chi connectivity index (χ2v) is 2.75. The van der Waals surface area contributed by atoms with Gasteiger partial charge in [0.1, 0.15) is 0 Å². The molecule has 6 nitrogen and oxygen atoms in total. The summed E-state index contributed by atoms with van der Waals surface area (Å²) in [7, 11) is -2.79. The molecule has 0 radical (unpaired) electrons. The molecule has 0 atom stereocenters. The van der Waals surface area contributed by atoms with E-state index in [0.29, 0.717) is 0 Å². The molecule has 78 valence electrons. The van der Waals surface area contributed by atoms with Crippen LogP contribution in [0.5, 0.6) is 0 Å². The van der Waals surface area contributed by atoms with Gasteiger partial charge < -0.3 is 5.73 Å². The third-order valence-corrected chi connectivity index (χ3v) is 1.23. The van der Waals surface area contributed by atoms with Gasteiger partial charge in [0, 0.05) is 0 Å². The summed E-state index contributed by atoms with van der Waals surface area (Å²) < 4.78 is 19.1. The lowest BCUT2D eigenvalue weighted by Gasteiger charge is -1.91. The molecule has 0 saturated heterocycles. The van der Waals surface area contributed by atoms with E-state index in [1.807, 2.05) is 36.4 Å². The van der Waals surface area contributed by atoms with Gasteiger partial charge in [0.05, 0.1) is 0 Å². The first-order valence-electron chi connectivity index (χ1n) is 3.58. The van der Waals surface area contributed by atoms with Gasteiger partial charge in [-0.05, 0) is 0 Å². The Morgan fingerprint density at radius 1 is 1.00 bits per heavy atom. The Bertz CT molecular complexity index is 292. The molecule has 1 aromatic rings. The number of rotatable bonds is 2. The minimum atomic E-state index is -2.79. The highest BCUT2D eigenvalue weighted by atomic mass is 32.2. The van der Waals surface area contributed by atoms with Crippen molar-refractivity contribution >= 4 is 16.9 Å². The van der Waals surface area contributed by atoms with Crippen molar-refractivity contribution in [1.29, 1.82) is 0 Å². The molecule has 0 aliphatic carbocycles. The summed E-state index contributed by atoms with van der Waals surface area (Å²) in [5.74, 6) is 0. The summed E-state index contributed by atoms with van der Waals surface area (Å²) >= 11 is 0. The van der Waals surface area contributed by atoms with E-state index in [1.54, 1.807) is 10.3 Å². The van der Waals surface area contributed by atoms with Crippen molar-refractivity contribution in [1.82, 2.24) is 10.3 Å². The molecular formula is C7H11N3O3S. The van der Waals surface area contributed by atoms with Crippen LogP contribution < -0.4 is 16.0 Å². The summed E-state index contributed by atoms with van der Waals surface area (Å²) in [5, 5.41) is 0. The molecule has 1 rings (SSSR count). The maximum absolute atomic E-state index is 9.68. The molecule has 0 aliphatic heterocycles. The summed E-state index contributed by atoms with van der Waals surface area (Å²) in [6.45, 7) is 0. The van der Waals surface area contributed by atoms with Gasteiger partial charge in [-0.1, -0.05) is 36.4 Å².